The molecule has 0 saturated heterocycles. The third kappa shape index (κ3) is 2.74. The third-order valence-corrected chi connectivity index (χ3v) is 2.85. The maximum atomic E-state index is 10.1. The number of nitrogens with zero attached hydrogens (tertiary/aromatic N) is 2. The van der Waals surface area contributed by atoms with Crippen LogP contribution in [-0.4, -0.2) is 14.9 Å². The Morgan fingerprint density at radius 1 is 1.24 bits per heavy atom. The highest BCUT2D eigenvalue weighted by Gasteiger charge is 2.13. The van der Waals surface area contributed by atoms with E-state index < -0.39 is 6.10 Å². The van der Waals surface area contributed by atoms with E-state index in [0.29, 0.717) is 0 Å². The molecule has 17 heavy (non-hydrogen) atoms. The minimum Gasteiger partial charge on any atom is -0.387 e. The summed E-state index contributed by atoms with van der Waals surface area (Å²) in [6.07, 6.45) is 4.21. The molecule has 0 saturated carbocycles. The van der Waals surface area contributed by atoms with Crippen molar-refractivity contribution in [1.29, 1.82) is 0 Å². The average molecular weight is 230 g/mol. The van der Waals surface area contributed by atoms with Crippen LogP contribution in [0.25, 0.3) is 5.69 Å². The Hall–Kier alpha value is -1.61. The second-order valence-electron chi connectivity index (χ2n) is 4.16. The van der Waals surface area contributed by atoms with Gasteiger partial charge in [-0.25, -0.2) is 4.68 Å². The van der Waals surface area contributed by atoms with Crippen LogP contribution >= 0.6 is 0 Å². The first-order chi connectivity index (χ1) is 8.33. The number of para-hydroxylation sites is 1. The van der Waals surface area contributed by atoms with Gasteiger partial charge in [0.25, 0.3) is 0 Å². The van der Waals surface area contributed by atoms with E-state index in [2.05, 4.69) is 12.0 Å². The van der Waals surface area contributed by atoms with Gasteiger partial charge >= 0.3 is 0 Å². The van der Waals surface area contributed by atoms with Crippen molar-refractivity contribution in [3.05, 3.63) is 48.3 Å². The van der Waals surface area contributed by atoms with Gasteiger partial charge in [-0.05, 0) is 24.6 Å². The molecule has 1 aromatic carbocycles. The summed E-state index contributed by atoms with van der Waals surface area (Å²) in [6.45, 7) is 2.13. The van der Waals surface area contributed by atoms with Crippen molar-refractivity contribution in [3.8, 4) is 5.69 Å². The van der Waals surface area contributed by atoms with E-state index >= 15 is 0 Å². The number of benzene rings is 1. The van der Waals surface area contributed by atoms with Crippen LogP contribution in [0, 0.1) is 0 Å². The number of hydrogen-bond acceptors (Lipinski definition) is 2. The first-order valence-electron chi connectivity index (χ1n) is 6.10. The number of aliphatic hydroxyl groups is 1. The minimum atomic E-state index is -0.433. The van der Waals surface area contributed by atoms with Crippen LogP contribution in [0.4, 0.5) is 0 Å². The number of hydrogen-bond donors (Lipinski definition) is 1. The normalized spacial score (nSPS) is 12.6. The van der Waals surface area contributed by atoms with Crippen molar-refractivity contribution in [2.75, 3.05) is 0 Å². The molecule has 0 amide bonds. The smallest absolute Gasteiger partial charge is 0.0961 e. The number of unbranched alkanes of at least 4 members (excludes halogenated alkanes) is 1. The van der Waals surface area contributed by atoms with Gasteiger partial charge in [0.15, 0.2) is 0 Å². The molecule has 0 bridgehead atoms. The molecular weight excluding hydrogens is 212 g/mol. The number of rotatable bonds is 5. The van der Waals surface area contributed by atoms with Crippen LogP contribution in [0.1, 0.15) is 38.0 Å². The summed E-state index contributed by atoms with van der Waals surface area (Å²) >= 11 is 0. The molecule has 1 heterocycles. The van der Waals surface area contributed by atoms with Gasteiger partial charge in [0.05, 0.1) is 17.5 Å². The molecule has 1 unspecified atom stereocenters. The van der Waals surface area contributed by atoms with E-state index in [0.717, 1.165) is 30.6 Å². The Bertz CT molecular complexity index is 450. The lowest BCUT2D eigenvalue weighted by atomic mass is 10.1. The van der Waals surface area contributed by atoms with Crippen molar-refractivity contribution in [2.24, 2.45) is 0 Å². The maximum absolute atomic E-state index is 10.1. The molecule has 3 heteroatoms. The largest absolute Gasteiger partial charge is 0.387 e. The van der Waals surface area contributed by atoms with Gasteiger partial charge in [0.2, 0.25) is 0 Å². The third-order valence-electron chi connectivity index (χ3n) is 2.85. The molecule has 3 nitrogen and oxygen atoms in total. The van der Waals surface area contributed by atoms with E-state index in [-0.39, 0.29) is 0 Å². The predicted molar refractivity (Wildman–Crippen MR) is 68.0 cm³/mol. The molecule has 0 aliphatic rings. The lowest BCUT2D eigenvalue weighted by molar-refractivity contribution is 0.156. The van der Waals surface area contributed by atoms with Crippen molar-refractivity contribution in [1.82, 2.24) is 9.78 Å². The van der Waals surface area contributed by atoms with Crippen molar-refractivity contribution in [2.45, 2.75) is 32.3 Å². The Balaban J connectivity index is 2.23. The second kappa shape index (κ2) is 5.64. The zero-order valence-electron chi connectivity index (χ0n) is 10.1. The summed E-state index contributed by atoms with van der Waals surface area (Å²) in [5.41, 5.74) is 1.85. The molecule has 0 spiro atoms. The monoisotopic (exact) mass is 230 g/mol. The van der Waals surface area contributed by atoms with Gasteiger partial charge in [-0.3, -0.25) is 0 Å². The van der Waals surface area contributed by atoms with E-state index in [1.54, 1.807) is 10.9 Å². The summed E-state index contributed by atoms with van der Waals surface area (Å²) in [5, 5.41) is 14.4. The van der Waals surface area contributed by atoms with Gasteiger partial charge in [0.1, 0.15) is 0 Å². The zero-order valence-corrected chi connectivity index (χ0v) is 10.1. The Labute approximate surface area is 102 Å². The highest BCUT2D eigenvalue weighted by molar-refractivity contribution is 5.32. The SMILES string of the molecule is CCCCC(O)c1ccnn1-c1ccccc1. The second-order valence-corrected chi connectivity index (χ2v) is 4.16. The molecule has 2 rings (SSSR count). The highest BCUT2D eigenvalue weighted by atomic mass is 16.3. The molecule has 90 valence electrons. The molecule has 1 N–H and O–H groups in total. The van der Waals surface area contributed by atoms with Gasteiger partial charge in [-0.1, -0.05) is 38.0 Å². The number of aromatic nitrogens is 2. The van der Waals surface area contributed by atoms with Crippen LogP contribution in [-0.2, 0) is 0 Å². The highest BCUT2D eigenvalue weighted by Crippen LogP contribution is 2.21. The van der Waals surface area contributed by atoms with Gasteiger partial charge < -0.3 is 5.11 Å². The number of aliphatic hydroxyl groups excluding tert-OH is 1. The summed E-state index contributed by atoms with van der Waals surface area (Å²) < 4.78 is 1.81. The zero-order chi connectivity index (χ0) is 12.1. The Morgan fingerprint density at radius 2 is 2.00 bits per heavy atom. The van der Waals surface area contributed by atoms with Crippen LogP contribution in [0.5, 0.6) is 0 Å². The predicted octanol–water partition coefficient (Wildman–Crippen LogP) is 3.10. The van der Waals surface area contributed by atoms with Gasteiger partial charge in [-0.2, -0.15) is 5.10 Å². The Morgan fingerprint density at radius 3 is 2.71 bits per heavy atom. The summed E-state index contributed by atoms with van der Waals surface area (Å²) in [4.78, 5) is 0. The van der Waals surface area contributed by atoms with E-state index in [1.165, 1.54) is 0 Å². The van der Waals surface area contributed by atoms with Crippen LogP contribution < -0.4 is 0 Å². The van der Waals surface area contributed by atoms with E-state index in [4.69, 9.17) is 0 Å². The first-order valence-corrected chi connectivity index (χ1v) is 6.10. The summed E-state index contributed by atoms with van der Waals surface area (Å²) in [5.74, 6) is 0. The van der Waals surface area contributed by atoms with Crippen molar-refractivity contribution in [3.63, 3.8) is 0 Å². The van der Waals surface area contributed by atoms with Crippen molar-refractivity contribution < 1.29 is 5.11 Å². The van der Waals surface area contributed by atoms with E-state index in [1.807, 2.05) is 36.4 Å². The first kappa shape index (κ1) is 11.9. The molecule has 0 aliphatic heterocycles. The van der Waals surface area contributed by atoms with Crippen LogP contribution in [0.15, 0.2) is 42.6 Å². The molecule has 1 aromatic heterocycles. The van der Waals surface area contributed by atoms with Crippen LogP contribution in [0.3, 0.4) is 0 Å². The minimum absolute atomic E-state index is 0.433. The van der Waals surface area contributed by atoms with Gasteiger partial charge in [0, 0.05) is 6.20 Å². The summed E-state index contributed by atoms with van der Waals surface area (Å²) in [6, 6.07) is 11.8. The molecule has 0 aliphatic carbocycles. The molecule has 2 aromatic rings. The summed E-state index contributed by atoms with van der Waals surface area (Å²) in [7, 11) is 0. The quantitative estimate of drug-likeness (QED) is 0.857. The van der Waals surface area contributed by atoms with Gasteiger partial charge in [-0.15, -0.1) is 0 Å². The van der Waals surface area contributed by atoms with Crippen molar-refractivity contribution >= 4 is 0 Å². The topological polar surface area (TPSA) is 38.1 Å². The lowest BCUT2D eigenvalue weighted by Gasteiger charge is -2.12. The van der Waals surface area contributed by atoms with E-state index in [9.17, 15) is 5.11 Å². The molecule has 1 atom stereocenters. The van der Waals surface area contributed by atoms with Crippen LogP contribution in [0.2, 0.25) is 0 Å². The maximum Gasteiger partial charge on any atom is 0.0961 e. The fourth-order valence-corrected chi connectivity index (χ4v) is 1.90. The molecular formula is C14H18N2O. The average Bonchev–Trinajstić information content (AvgIpc) is 2.86. The Kier molecular flexibility index (Phi) is 3.94. The molecule has 0 radical (unpaired) electrons. The lowest BCUT2D eigenvalue weighted by Crippen LogP contribution is -2.07. The molecule has 0 fully saturated rings. The fourth-order valence-electron chi connectivity index (χ4n) is 1.90. The fraction of sp³-hybridized carbons (Fsp3) is 0.357. The standard InChI is InChI=1S/C14H18N2O/c1-2-3-9-14(17)13-10-11-15-16(13)12-7-5-4-6-8-12/h4-8,10-11,14,17H,2-3,9H2,1H3.